The molecule has 1 rings (SSSR count). The Balaban J connectivity index is 2.57. The van der Waals surface area contributed by atoms with Gasteiger partial charge in [-0.05, 0) is 20.9 Å². The van der Waals surface area contributed by atoms with Gasteiger partial charge in [-0.3, -0.25) is 0 Å². The van der Waals surface area contributed by atoms with E-state index in [0.717, 1.165) is 6.54 Å². The van der Waals surface area contributed by atoms with E-state index in [-0.39, 0.29) is 11.7 Å². The molecular formula is C8H16N2O2. The molecule has 4 nitrogen and oxygen atoms in total. The maximum atomic E-state index is 11.2. The average molecular weight is 172 g/mol. The first-order chi connectivity index (χ1) is 5.61. The molecule has 1 aliphatic rings. The van der Waals surface area contributed by atoms with Gasteiger partial charge in [0.15, 0.2) is 0 Å². The Hall–Kier alpha value is -0.770. The number of cyclic esters (lactones) is 1. The van der Waals surface area contributed by atoms with Gasteiger partial charge in [0, 0.05) is 13.1 Å². The molecule has 1 amide bonds. The number of rotatable bonds is 3. The van der Waals surface area contributed by atoms with Crippen molar-refractivity contribution in [3.63, 3.8) is 0 Å². The van der Waals surface area contributed by atoms with E-state index in [0.29, 0.717) is 13.1 Å². The van der Waals surface area contributed by atoms with Gasteiger partial charge in [-0.25, -0.2) is 4.79 Å². The molecule has 1 atom stereocenters. The summed E-state index contributed by atoms with van der Waals surface area (Å²) in [5.41, 5.74) is -0.345. The van der Waals surface area contributed by atoms with Crippen LogP contribution in [0, 0.1) is 0 Å². The fraction of sp³-hybridized carbons (Fsp3) is 0.875. The van der Waals surface area contributed by atoms with Gasteiger partial charge in [-0.1, -0.05) is 0 Å². The summed E-state index contributed by atoms with van der Waals surface area (Å²) in [6.45, 7) is 6.00. The van der Waals surface area contributed by atoms with Crippen molar-refractivity contribution in [2.24, 2.45) is 0 Å². The predicted octanol–water partition coefficient (Wildman–Crippen LogP) is 0.437. The molecular weight excluding hydrogens is 156 g/mol. The lowest BCUT2D eigenvalue weighted by Gasteiger charge is -2.20. The van der Waals surface area contributed by atoms with Crippen LogP contribution >= 0.6 is 0 Å². The van der Waals surface area contributed by atoms with Crippen LogP contribution in [0.25, 0.3) is 0 Å². The van der Waals surface area contributed by atoms with Gasteiger partial charge in [-0.2, -0.15) is 0 Å². The van der Waals surface area contributed by atoms with Crippen molar-refractivity contribution in [3.05, 3.63) is 0 Å². The summed E-state index contributed by atoms with van der Waals surface area (Å²) in [6.07, 6.45) is -0.199. The minimum absolute atomic E-state index is 0.199. The molecule has 0 spiro atoms. The average Bonchev–Trinajstić information content (AvgIpc) is 2.27. The smallest absolute Gasteiger partial charge is 0.410 e. The Morgan fingerprint density at radius 3 is 2.83 bits per heavy atom. The van der Waals surface area contributed by atoms with Crippen LogP contribution in [0.2, 0.25) is 0 Å². The summed E-state index contributed by atoms with van der Waals surface area (Å²) in [6, 6.07) is 0. The SMILES string of the molecule is CCN1CC(C)(CNC)OC1=O. The molecule has 0 bridgehead atoms. The first-order valence-corrected chi connectivity index (χ1v) is 4.24. The minimum atomic E-state index is -0.345. The molecule has 0 aromatic rings. The minimum Gasteiger partial charge on any atom is -0.440 e. The number of hydrogen-bond donors (Lipinski definition) is 1. The van der Waals surface area contributed by atoms with Crippen LogP contribution in [0.5, 0.6) is 0 Å². The van der Waals surface area contributed by atoms with E-state index >= 15 is 0 Å². The molecule has 12 heavy (non-hydrogen) atoms. The van der Waals surface area contributed by atoms with Crippen molar-refractivity contribution in [2.75, 3.05) is 26.7 Å². The highest BCUT2D eigenvalue weighted by molar-refractivity contribution is 5.70. The first-order valence-electron chi connectivity index (χ1n) is 4.24. The fourth-order valence-electron chi connectivity index (χ4n) is 1.48. The number of amides is 1. The Kier molecular flexibility index (Phi) is 2.57. The molecule has 4 heteroatoms. The number of nitrogens with one attached hydrogen (secondary N) is 1. The lowest BCUT2D eigenvalue weighted by molar-refractivity contribution is 0.0729. The quantitative estimate of drug-likeness (QED) is 0.671. The standard InChI is InChI=1S/C8H16N2O2/c1-4-10-6-8(2,5-9-3)12-7(10)11/h9H,4-6H2,1-3H3. The highest BCUT2D eigenvalue weighted by atomic mass is 16.6. The zero-order chi connectivity index (χ0) is 9.19. The third-order valence-corrected chi connectivity index (χ3v) is 2.05. The zero-order valence-corrected chi connectivity index (χ0v) is 7.89. The lowest BCUT2D eigenvalue weighted by Crippen LogP contribution is -2.40. The third kappa shape index (κ3) is 1.69. The van der Waals surface area contributed by atoms with Crippen molar-refractivity contribution >= 4 is 6.09 Å². The summed E-state index contributed by atoms with van der Waals surface area (Å²) in [5.74, 6) is 0. The second-order valence-corrected chi connectivity index (χ2v) is 3.36. The molecule has 1 N–H and O–H groups in total. The van der Waals surface area contributed by atoms with E-state index in [1.165, 1.54) is 0 Å². The highest BCUT2D eigenvalue weighted by Gasteiger charge is 2.39. The van der Waals surface area contributed by atoms with Gasteiger partial charge in [0.05, 0.1) is 6.54 Å². The van der Waals surface area contributed by atoms with Crippen molar-refractivity contribution < 1.29 is 9.53 Å². The van der Waals surface area contributed by atoms with Gasteiger partial charge in [0.25, 0.3) is 0 Å². The highest BCUT2D eigenvalue weighted by Crippen LogP contribution is 2.20. The second kappa shape index (κ2) is 3.31. The summed E-state index contributed by atoms with van der Waals surface area (Å²) in [5, 5.41) is 3.01. The molecule has 1 heterocycles. The molecule has 1 saturated heterocycles. The summed E-state index contributed by atoms with van der Waals surface area (Å²) >= 11 is 0. The lowest BCUT2D eigenvalue weighted by atomic mass is 10.1. The van der Waals surface area contributed by atoms with Gasteiger partial charge in [-0.15, -0.1) is 0 Å². The maximum absolute atomic E-state index is 11.2. The maximum Gasteiger partial charge on any atom is 0.410 e. The number of likely N-dealkylation sites (N-methyl/N-ethyl adjacent to an activating group) is 2. The van der Waals surface area contributed by atoms with Crippen LogP contribution < -0.4 is 5.32 Å². The number of carbonyl (C=O) groups excluding carboxylic acids is 1. The van der Waals surface area contributed by atoms with E-state index in [1.54, 1.807) is 4.90 Å². The summed E-state index contributed by atoms with van der Waals surface area (Å²) in [4.78, 5) is 12.9. The second-order valence-electron chi connectivity index (χ2n) is 3.36. The van der Waals surface area contributed by atoms with Crippen molar-refractivity contribution in [2.45, 2.75) is 19.4 Å². The molecule has 0 aliphatic carbocycles. The number of ether oxygens (including phenoxy) is 1. The zero-order valence-electron chi connectivity index (χ0n) is 7.89. The van der Waals surface area contributed by atoms with Gasteiger partial charge in [0.2, 0.25) is 0 Å². The largest absolute Gasteiger partial charge is 0.440 e. The van der Waals surface area contributed by atoms with Crippen LogP contribution in [0.15, 0.2) is 0 Å². The Labute approximate surface area is 72.9 Å². The molecule has 0 saturated carbocycles. The van der Waals surface area contributed by atoms with E-state index in [9.17, 15) is 4.79 Å². The molecule has 1 aliphatic heterocycles. The molecule has 70 valence electrons. The Morgan fingerprint density at radius 2 is 2.42 bits per heavy atom. The summed E-state index contributed by atoms with van der Waals surface area (Å²) < 4.78 is 5.22. The Morgan fingerprint density at radius 1 is 1.75 bits per heavy atom. The fourth-order valence-corrected chi connectivity index (χ4v) is 1.48. The first kappa shape index (κ1) is 9.32. The van der Waals surface area contributed by atoms with E-state index in [1.807, 2.05) is 20.9 Å². The predicted molar refractivity (Wildman–Crippen MR) is 46.1 cm³/mol. The number of hydrogen-bond acceptors (Lipinski definition) is 3. The number of nitrogens with zero attached hydrogens (tertiary/aromatic N) is 1. The van der Waals surface area contributed by atoms with Crippen LogP contribution in [0.3, 0.4) is 0 Å². The normalized spacial score (nSPS) is 29.2. The van der Waals surface area contributed by atoms with Gasteiger partial charge >= 0.3 is 6.09 Å². The van der Waals surface area contributed by atoms with Gasteiger partial charge < -0.3 is 15.0 Å². The molecule has 0 aromatic carbocycles. The summed E-state index contributed by atoms with van der Waals surface area (Å²) in [7, 11) is 1.85. The Bertz CT molecular complexity index is 184. The van der Waals surface area contributed by atoms with Crippen molar-refractivity contribution in [1.82, 2.24) is 10.2 Å². The monoisotopic (exact) mass is 172 g/mol. The van der Waals surface area contributed by atoms with Crippen LogP contribution in [-0.4, -0.2) is 43.3 Å². The topological polar surface area (TPSA) is 41.6 Å². The molecule has 0 radical (unpaired) electrons. The third-order valence-electron chi connectivity index (χ3n) is 2.05. The number of carbonyl (C=O) groups is 1. The van der Waals surface area contributed by atoms with E-state index < -0.39 is 0 Å². The van der Waals surface area contributed by atoms with E-state index in [2.05, 4.69) is 5.32 Å². The van der Waals surface area contributed by atoms with Crippen molar-refractivity contribution in [1.29, 1.82) is 0 Å². The van der Waals surface area contributed by atoms with Gasteiger partial charge in [0.1, 0.15) is 5.60 Å². The van der Waals surface area contributed by atoms with Crippen molar-refractivity contribution in [3.8, 4) is 0 Å². The van der Waals surface area contributed by atoms with Crippen LogP contribution in [-0.2, 0) is 4.74 Å². The molecule has 0 aromatic heterocycles. The molecule has 1 fully saturated rings. The van der Waals surface area contributed by atoms with Crippen LogP contribution in [0.4, 0.5) is 4.79 Å². The van der Waals surface area contributed by atoms with Crippen LogP contribution in [0.1, 0.15) is 13.8 Å². The van der Waals surface area contributed by atoms with E-state index in [4.69, 9.17) is 4.74 Å². The molecule has 1 unspecified atom stereocenters.